The fourth-order valence-corrected chi connectivity index (χ4v) is 3.72. The third-order valence-corrected chi connectivity index (χ3v) is 5.44. The molecule has 2 heterocycles. The molecule has 0 fully saturated rings. The number of aromatic nitrogens is 2. The molecular weight excluding hydrogens is 464 g/mol. The van der Waals surface area contributed by atoms with E-state index in [1.165, 1.54) is 24.3 Å². The molecule has 0 aliphatic rings. The van der Waals surface area contributed by atoms with Crippen molar-refractivity contribution in [2.75, 3.05) is 0 Å². The summed E-state index contributed by atoms with van der Waals surface area (Å²) in [6.07, 6.45) is 3.44. The van der Waals surface area contributed by atoms with Crippen molar-refractivity contribution in [3.8, 4) is 5.75 Å². The van der Waals surface area contributed by atoms with Gasteiger partial charge in [0.25, 0.3) is 0 Å². The monoisotopic (exact) mass is 486 g/mol. The molecule has 35 heavy (non-hydrogen) atoms. The molecule has 0 unspecified atom stereocenters. The van der Waals surface area contributed by atoms with Crippen molar-refractivity contribution in [3.05, 3.63) is 102 Å². The highest BCUT2D eigenvalue weighted by Gasteiger charge is 2.14. The van der Waals surface area contributed by atoms with Crippen molar-refractivity contribution >= 4 is 16.6 Å². The van der Waals surface area contributed by atoms with Crippen LogP contribution in [0.15, 0.2) is 67.5 Å². The van der Waals surface area contributed by atoms with E-state index in [1.807, 2.05) is 16.2 Å². The molecule has 10 heteroatoms. The standard InChI is InChI=1S/C25H22F4N4O2/c1-15(32-34)23-9-21-18(11-30-10-16-2-6-20(7-3-16)35-25(28)29)14-33(24(21)12-31-23)13-17-4-5-19(26)8-22(17)27/h2-9,12,14,25,30,32,34H,1,10-11,13H2. The molecule has 0 aliphatic carbocycles. The number of nitrogens with zero attached hydrogens (tertiary/aromatic N) is 2. The van der Waals surface area contributed by atoms with Gasteiger partial charge in [-0.05, 0) is 35.4 Å². The average Bonchev–Trinajstić information content (AvgIpc) is 3.17. The SMILES string of the molecule is C=C(NO)c1cc2c(CNCc3ccc(OC(F)F)cc3)cn(Cc3ccc(F)cc3F)c2cn1. The number of fused-ring (bicyclic) bond motifs is 1. The lowest BCUT2D eigenvalue weighted by molar-refractivity contribution is -0.0498. The Bertz CT molecular complexity index is 1340. The molecule has 0 spiro atoms. The fraction of sp³-hybridized carbons (Fsp3) is 0.160. The van der Waals surface area contributed by atoms with Crippen LogP contribution in [0.4, 0.5) is 17.6 Å². The minimum absolute atomic E-state index is 0.0811. The van der Waals surface area contributed by atoms with Crippen LogP contribution in [0, 0.1) is 11.6 Å². The van der Waals surface area contributed by atoms with Gasteiger partial charge in [-0.3, -0.25) is 15.7 Å². The maximum absolute atomic E-state index is 14.3. The zero-order chi connectivity index (χ0) is 24.9. The van der Waals surface area contributed by atoms with Crippen molar-refractivity contribution in [1.82, 2.24) is 20.3 Å². The fourth-order valence-electron chi connectivity index (χ4n) is 3.72. The van der Waals surface area contributed by atoms with Crippen LogP contribution >= 0.6 is 0 Å². The average molecular weight is 486 g/mol. The number of hydrogen-bond donors (Lipinski definition) is 3. The van der Waals surface area contributed by atoms with Gasteiger partial charge in [0.2, 0.25) is 0 Å². The van der Waals surface area contributed by atoms with Crippen LogP contribution in [0.1, 0.15) is 22.4 Å². The van der Waals surface area contributed by atoms with Crippen LogP contribution < -0.4 is 15.5 Å². The van der Waals surface area contributed by atoms with Gasteiger partial charge in [-0.2, -0.15) is 8.78 Å². The first-order valence-corrected chi connectivity index (χ1v) is 10.6. The summed E-state index contributed by atoms with van der Waals surface area (Å²) in [5, 5.41) is 13.3. The Hall–Kier alpha value is -3.89. The lowest BCUT2D eigenvalue weighted by Crippen LogP contribution is -2.12. The van der Waals surface area contributed by atoms with Gasteiger partial charge in [0.15, 0.2) is 0 Å². The van der Waals surface area contributed by atoms with Gasteiger partial charge >= 0.3 is 6.61 Å². The quantitative estimate of drug-likeness (QED) is 0.212. The summed E-state index contributed by atoms with van der Waals surface area (Å²) in [4.78, 5) is 4.30. The highest BCUT2D eigenvalue weighted by Crippen LogP contribution is 2.25. The Labute approximate surface area is 198 Å². The second-order valence-electron chi connectivity index (χ2n) is 7.82. The Kier molecular flexibility index (Phi) is 7.33. The summed E-state index contributed by atoms with van der Waals surface area (Å²) in [7, 11) is 0. The Morgan fingerprint density at radius 1 is 1.06 bits per heavy atom. The molecule has 3 N–H and O–H groups in total. The van der Waals surface area contributed by atoms with Gasteiger partial charge in [0.05, 0.1) is 29.6 Å². The minimum atomic E-state index is -2.88. The van der Waals surface area contributed by atoms with Crippen molar-refractivity contribution < 1.29 is 27.5 Å². The maximum atomic E-state index is 14.3. The largest absolute Gasteiger partial charge is 0.435 e. The number of hydrogen-bond acceptors (Lipinski definition) is 5. The first-order chi connectivity index (χ1) is 16.8. The summed E-state index contributed by atoms with van der Waals surface area (Å²) in [6.45, 7) is 1.87. The number of ether oxygens (including phenoxy) is 1. The number of nitrogens with one attached hydrogen (secondary N) is 2. The molecule has 2 aromatic heterocycles. The predicted molar refractivity (Wildman–Crippen MR) is 123 cm³/mol. The Balaban J connectivity index is 1.57. The first-order valence-electron chi connectivity index (χ1n) is 10.6. The molecule has 0 saturated heterocycles. The highest BCUT2D eigenvalue weighted by atomic mass is 19.3. The topological polar surface area (TPSA) is 71.3 Å². The number of benzene rings is 2. The van der Waals surface area contributed by atoms with Crippen LogP contribution in [-0.2, 0) is 19.6 Å². The van der Waals surface area contributed by atoms with Crippen molar-refractivity contribution in [2.24, 2.45) is 0 Å². The van der Waals surface area contributed by atoms with Gasteiger partial charge in [0, 0.05) is 36.3 Å². The van der Waals surface area contributed by atoms with E-state index >= 15 is 0 Å². The summed E-state index contributed by atoms with van der Waals surface area (Å²) in [6, 6.07) is 11.5. The highest BCUT2D eigenvalue weighted by molar-refractivity contribution is 5.85. The van der Waals surface area contributed by atoms with Crippen LogP contribution in [0.5, 0.6) is 5.75 Å². The maximum Gasteiger partial charge on any atom is 0.387 e. The van der Waals surface area contributed by atoms with Crippen LogP contribution in [-0.4, -0.2) is 21.4 Å². The summed E-state index contributed by atoms with van der Waals surface area (Å²) in [5.74, 6) is -1.21. The van der Waals surface area contributed by atoms with E-state index in [0.29, 0.717) is 29.9 Å². The molecule has 0 aliphatic heterocycles. The third-order valence-electron chi connectivity index (χ3n) is 5.44. The lowest BCUT2D eigenvalue weighted by Gasteiger charge is -2.08. The van der Waals surface area contributed by atoms with E-state index in [1.54, 1.807) is 24.4 Å². The number of rotatable bonds is 10. The van der Waals surface area contributed by atoms with Gasteiger partial charge in [-0.25, -0.2) is 8.78 Å². The van der Waals surface area contributed by atoms with E-state index in [2.05, 4.69) is 21.6 Å². The van der Waals surface area contributed by atoms with Crippen LogP contribution in [0.2, 0.25) is 0 Å². The lowest BCUT2D eigenvalue weighted by atomic mass is 10.1. The smallest absolute Gasteiger partial charge is 0.387 e. The first kappa shape index (κ1) is 24.2. The third kappa shape index (κ3) is 5.79. The minimum Gasteiger partial charge on any atom is -0.435 e. The second kappa shape index (κ2) is 10.6. The molecular formula is C25H22F4N4O2. The molecule has 0 bridgehead atoms. The predicted octanol–water partition coefficient (Wildman–Crippen LogP) is 5.20. The molecule has 0 saturated carbocycles. The van der Waals surface area contributed by atoms with Gasteiger partial charge < -0.3 is 14.6 Å². The van der Waals surface area contributed by atoms with E-state index in [-0.39, 0.29) is 18.0 Å². The van der Waals surface area contributed by atoms with E-state index in [4.69, 9.17) is 0 Å². The van der Waals surface area contributed by atoms with Crippen LogP contribution in [0.25, 0.3) is 16.6 Å². The van der Waals surface area contributed by atoms with E-state index in [0.717, 1.165) is 22.6 Å². The van der Waals surface area contributed by atoms with E-state index < -0.39 is 18.2 Å². The normalized spacial score (nSPS) is 11.3. The van der Waals surface area contributed by atoms with Gasteiger partial charge in [-0.1, -0.05) is 24.8 Å². The van der Waals surface area contributed by atoms with E-state index in [9.17, 15) is 22.8 Å². The summed E-state index contributed by atoms with van der Waals surface area (Å²) >= 11 is 0. The van der Waals surface area contributed by atoms with Gasteiger partial charge in [0.1, 0.15) is 17.4 Å². The second-order valence-corrected chi connectivity index (χ2v) is 7.82. The number of hydroxylamine groups is 1. The summed E-state index contributed by atoms with van der Waals surface area (Å²) < 4.78 is 58.4. The van der Waals surface area contributed by atoms with Crippen molar-refractivity contribution in [2.45, 2.75) is 26.2 Å². The molecule has 0 amide bonds. The number of alkyl halides is 2. The van der Waals surface area contributed by atoms with Crippen LogP contribution in [0.3, 0.4) is 0 Å². The molecule has 0 atom stereocenters. The molecule has 0 radical (unpaired) electrons. The Morgan fingerprint density at radius 3 is 2.51 bits per heavy atom. The molecule has 2 aromatic carbocycles. The number of halogens is 4. The zero-order valence-corrected chi connectivity index (χ0v) is 18.4. The molecule has 4 rings (SSSR count). The zero-order valence-electron chi connectivity index (χ0n) is 18.4. The molecule has 182 valence electrons. The Morgan fingerprint density at radius 2 is 1.83 bits per heavy atom. The molecule has 4 aromatic rings. The van der Waals surface area contributed by atoms with Crippen molar-refractivity contribution in [1.29, 1.82) is 0 Å². The molecule has 6 nitrogen and oxygen atoms in total. The van der Waals surface area contributed by atoms with Gasteiger partial charge in [-0.15, -0.1) is 0 Å². The number of pyridine rings is 1. The summed E-state index contributed by atoms with van der Waals surface area (Å²) in [5.41, 5.74) is 5.40. The van der Waals surface area contributed by atoms with Crippen molar-refractivity contribution in [3.63, 3.8) is 0 Å².